The fraction of sp³-hybridized carbons (Fsp3) is 0.600. The number of hydrogen-bond acceptors (Lipinski definition) is 2. The molecular weight excluding hydrogens is 246 g/mol. The Morgan fingerprint density at radius 3 is 2.67 bits per heavy atom. The van der Waals surface area contributed by atoms with Crippen LogP contribution in [0.15, 0.2) is 24.3 Å². The zero-order chi connectivity index (χ0) is 13.2. The fourth-order valence-corrected chi connectivity index (χ4v) is 2.87. The van der Waals surface area contributed by atoms with Gasteiger partial charge in [-0.15, -0.1) is 0 Å². The van der Waals surface area contributed by atoms with Gasteiger partial charge in [0.25, 0.3) is 0 Å². The van der Waals surface area contributed by atoms with Crippen LogP contribution < -0.4 is 5.32 Å². The molecule has 2 atom stereocenters. The van der Waals surface area contributed by atoms with Crippen LogP contribution in [-0.2, 0) is 4.74 Å². The third-order valence-electron chi connectivity index (χ3n) is 3.34. The van der Waals surface area contributed by atoms with Gasteiger partial charge in [0.15, 0.2) is 0 Å². The van der Waals surface area contributed by atoms with Crippen LogP contribution in [-0.4, -0.2) is 18.7 Å². The van der Waals surface area contributed by atoms with Gasteiger partial charge in [-0.3, -0.25) is 0 Å². The number of rotatable bonds is 3. The van der Waals surface area contributed by atoms with Gasteiger partial charge in [-0.2, -0.15) is 0 Å². The molecule has 1 heterocycles. The Bertz CT molecular complexity index is 390. The number of morpholine rings is 1. The Morgan fingerprint density at radius 1 is 1.39 bits per heavy atom. The summed E-state index contributed by atoms with van der Waals surface area (Å²) in [5.41, 5.74) is 1.12. The molecule has 2 rings (SSSR count). The van der Waals surface area contributed by atoms with E-state index in [1.165, 1.54) is 5.56 Å². The smallest absolute Gasteiger partial charge is 0.0957 e. The summed E-state index contributed by atoms with van der Waals surface area (Å²) < 4.78 is 6.31. The Balaban J connectivity index is 2.08. The van der Waals surface area contributed by atoms with E-state index in [1.54, 1.807) is 0 Å². The molecule has 1 aliphatic heterocycles. The summed E-state index contributed by atoms with van der Waals surface area (Å²) >= 11 is 5.92. The molecule has 1 N–H and O–H groups in total. The normalized spacial score (nSPS) is 28.6. The molecule has 1 aromatic rings. The van der Waals surface area contributed by atoms with Crippen LogP contribution >= 0.6 is 11.6 Å². The predicted molar refractivity (Wildman–Crippen MR) is 76.0 cm³/mol. The van der Waals surface area contributed by atoms with Crippen LogP contribution in [0.2, 0.25) is 5.02 Å². The Kier molecular flexibility index (Phi) is 4.31. The van der Waals surface area contributed by atoms with E-state index in [2.05, 4.69) is 38.2 Å². The molecule has 100 valence electrons. The predicted octanol–water partition coefficient (Wildman–Crippen LogP) is 3.81. The zero-order valence-corrected chi connectivity index (χ0v) is 12.1. The molecule has 0 amide bonds. The summed E-state index contributed by atoms with van der Waals surface area (Å²) in [4.78, 5) is 0. The van der Waals surface area contributed by atoms with Gasteiger partial charge in [-0.05, 0) is 37.0 Å². The number of hydrogen-bond donors (Lipinski definition) is 1. The lowest BCUT2D eigenvalue weighted by atomic mass is 9.91. The average molecular weight is 268 g/mol. The Morgan fingerprint density at radius 2 is 2.06 bits per heavy atom. The summed E-state index contributed by atoms with van der Waals surface area (Å²) in [6.07, 6.45) is 1.20. The molecule has 1 aromatic carbocycles. The first-order chi connectivity index (χ1) is 8.48. The second-order valence-electron chi connectivity index (χ2n) is 5.84. The highest BCUT2D eigenvalue weighted by Crippen LogP contribution is 2.31. The van der Waals surface area contributed by atoms with E-state index in [9.17, 15) is 0 Å². The molecule has 3 heteroatoms. The van der Waals surface area contributed by atoms with Crippen LogP contribution in [0.1, 0.15) is 38.9 Å². The van der Waals surface area contributed by atoms with E-state index in [4.69, 9.17) is 16.3 Å². The highest BCUT2D eigenvalue weighted by molar-refractivity contribution is 6.30. The van der Waals surface area contributed by atoms with E-state index < -0.39 is 0 Å². The van der Waals surface area contributed by atoms with E-state index in [0.717, 1.165) is 24.5 Å². The van der Waals surface area contributed by atoms with Crippen LogP contribution in [0.25, 0.3) is 0 Å². The molecule has 1 saturated heterocycles. The molecule has 1 fully saturated rings. The second kappa shape index (κ2) is 5.60. The van der Waals surface area contributed by atoms with E-state index in [0.29, 0.717) is 5.92 Å². The molecule has 1 aliphatic rings. The number of ether oxygens (including phenoxy) is 1. The van der Waals surface area contributed by atoms with Crippen molar-refractivity contribution in [2.24, 2.45) is 5.92 Å². The molecule has 0 aliphatic carbocycles. The minimum atomic E-state index is -0.0727. The largest absolute Gasteiger partial charge is 0.365 e. The van der Waals surface area contributed by atoms with E-state index >= 15 is 0 Å². The van der Waals surface area contributed by atoms with Crippen molar-refractivity contribution in [3.05, 3.63) is 34.9 Å². The number of nitrogens with one attached hydrogen (secondary N) is 1. The van der Waals surface area contributed by atoms with Gasteiger partial charge >= 0.3 is 0 Å². The van der Waals surface area contributed by atoms with Gasteiger partial charge in [0.2, 0.25) is 0 Å². The molecule has 2 nitrogen and oxygen atoms in total. The second-order valence-corrected chi connectivity index (χ2v) is 6.27. The minimum Gasteiger partial charge on any atom is -0.365 e. The molecule has 0 radical (unpaired) electrons. The Hall–Kier alpha value is -0.570. The van der Waals surface area contributed by atoms with E-state index in [1.807, 2.05) is 12.1 Å². The molecule has 0 bridgehead atoms. The quantitative estimate of drug-likeness (QED) is 0.899. The average Bonchev–Trinajstić information content (AvgIpc) is 2.28. The zero-order valence-electron chi connectivity index (χ0n) is 11.4. The summed E-state index contributed by atoms with van der Waals surface area (Å²) in [5, 5.41) is 4.26. The molecule has 0 saturated carbocycles. The fourth-order valence-electron chi connectivity index (χ4n) is 2.74. The maximum atomic E-state index is 6.31. The van der Waals surface area contributed by atoms with Crippen molar-refractivity contribution < 1.29 is 4.74 Å². The van der Waals surface area contributed by atoms with Crippen LogP contribution in [0.5, 0.6) is 0 Å². The van der Waals surface area contributed by atoms with Gasteiger partial charge in [0.1, 0.15) is 0 Å². The van der Waals surface area contributed by atoms with Gasteiger partial charge in [0, 0.05) is 18.1 Å². The standard InChI is InChI=1S/C15H22ClNO/c1-11(2)8-15(3)10-17-9-14(18-15)12-4-6-13(16)7-5-12/h4-7,11,14,17H,8-10H2,1-3H3. The van der Waals surface area contributed by atoms with Crippen molar-refractivity contribution in [2.45, 2.75) is 38.9 Å². The van der Waals surface area contributed by atoms with Crippen molar-refractivity contribution in [3.63, 3.8) is 0 Å². The third kappa shape index (κ3) is 3.47. The molecule has 0 spiro atoms. The molecule has 0 aromatic heterocycles. The SMILES string of the molecule is CC(C)CC1(C)CNCC(c2ccc(Cl)cc2)O1. The maximum absolute atomic E-state index is 6.31. The summed E-state index contributed by atoms with van der Waals surface area (Å²) in [6, 6.07) is 7.95. The van der Waals surface area contributed by atoms with Gasteiger partial charge in [-0.25, -0.2) is 0 Å². The monoisotopic (exact) mass is 267 g/mol. The minimum absolute atomic E-state index is 0.0727. The lowest BCUT2D eigenvalue weighted by molar-refractivity contribution is -0.117. The first-order valence-electron chi connectivity index (χ1n) is 6.62. The Labute approximate surface area is 115 Å². The van der Waals surface area contributed by atoms with E-state index in [-0.39, 0.29) is 11.7 Å². The van der Waals surface area contributed by atoms with Gasteiger partial charge < -0.3 is 10.1 Å². The van der Waals surface area contributed by atoms with Crippen molar-refractivity contribution in [2.75, 3.05) is 13.1 Å². The number of halogens is 1. The lowest BCUT2D eigenvalue weighted by Crippen LogP contribution is -2.49. The number of benzene rings is 1. The summed E-state index contributed by atoms with van der Waals surface area (Å²) in [6.45, 7) is 8.47. The highest BCUT2D eigenvalue weighted by atomic mass is 35.5. The van der Waals surface area contributed by atoms with Crippen LogP contribution in [0.4, 0.5) is 0 Å². The molecule has 2 unspecified atom stereocenters. The van der Waals surface area contributed by atoms with Crippen LogP contribution in [0.3, 0.4) is 0 Å². The molecular formula is C15H22ClNO. The molecule has 18 heavy (non-hydrogen) atoms. The third-order valence-corrected chi connectivity index (χ3v) is 3.59. The topological polar surface area (TPSA) is 21.3 Å². The van der Waals surface area contributed by atoms with Gasteiger partial charge in [-0.1, -0.05) is 37.6 Å². The van der Waals surface area contributed by atoms with Crippen LogP contribution in [0, 0.1) is 5.92 Å². The lowest BCUT2D eigenvalue weighted by Gasteiger charge is -2.40. The van der Waals surface area contributed by atoms with Gasteiger partial charge in [0.05, 0.1) is 11.7 Å². The first-order valence-corrected chi connectivity index (χ1v) is 7.00. The first kappa shape index (κ1) is 13.9. The van der Waals surface area contributed by atoms with Crippen molar-refractivity contribution in [1.82, 2.24) is 5.32 Å². The van der Waals surface area contributed by atoms with Crippen molar-refractivity contribution in [1.29, 1.82) is 0 Å². The highest BCUT2D eigenvalue weighted by Gasteiger charge is 2.33. The summed E-state index contributed by atoms with van der Waals surface area (Å²) in [7, 11) is 0. The summed E-state index contributed by atoms with van der Waals surface area (Å²) in [5.74, 6) is 0.640. The maximum Gasteiger partial charge on any atom is 0.0957 e. The van der Waals surface area contributed by atoms with Crippen molar-refractivity contribution in [3.8, 4) is 0 Å². The van der Waals surface area contributed by atoms with Crippen molar-refractivity contribution >= 4 is 11.6 Å².